The van der Waals surface area contributed by atoms with Crippen LogP contribution in [0.15, 0.2) is 18.2 Å². The molecule has 18 heavy (non-hydrogen) atoms. The first-order chi connectivity index (χ1) is 8.70. The molecule has 1 aliphatic heterocycles. The molecule has 1 aromatic carbocycles. The van der Waals surface area contributed by atoms with Gasteiger partial charge >= 0.3 is 5.97 Å². The average Bonchev–Trinajstić information content (AvgIpc) is 2.40. The summed E-state index contributed by atoms with van der Waals surface area (Å²) in [7, 11) is 1.34. The molecule has 0 amide bonds. The summed E-state index contributed by atoms with van der Waals surface area (Å²) >= 11 is 0. The van der Waals surface area contributed by atoms with Gasteiger partial charge in [-0.1, -0.05) is 12.1 Å². The Balaban J connectivity index is 2.11. The number of halogens is 1. The lowest BCUT2D eigenvalue weighted by Crippen LogP contribution is -2.27. The highest BCUT2D eigenvalue weighted by molar-refractivity contribution is 5.72. The molecule has 2 rings (SSSR count). The fourth-order valence-corrected chi connectivity index (χ4v) is 2.38. The van der Waals surface area contributed by atoms with Crippen LogP contribution in [0.3, 0.4) is 0 Å². The maximum Gasteiger partial charge on any atom is 0.309 e. The van der Waals surface area contributed by atoms with E-state index in [-0.39, 0.29) is 18.2 Å². The van der Waals surface area contributed by atoms with Crippen molar-refractivity contribution in [1.82, 2.24) is 5.32 Å². The average molecular weight is 251 g/mol. The third-order valence-corrected chi connectivity index (χ3v) is 3.42. The van der Waals surface area contributed by atoms with Crippen molar-refractivity contribution >= 4 is 5.97 Å². The first-order valence-corrected chi connectivity index (χ1v) is 6.26. The summed E-state index contributed by atoms with van der Waals surface area (Å²) in [6.45, 7) is 1.88. The summed E-state index contributed by atoms with van der Waals surface area (Å²) < 4.78 is 18.6. The van der Waals surface area contributed by atoms with E-state index in [1.54, 1.807) is 0 Å². The van der Waals surface area contributed by atoms with Gasteiger partial charge in [-0.05, 0) is 49.0 Å². The van der Waals surface area contributed by atoms with Crippen LogP contribution in [0, 0.1) is 5.82 Å². The summed E-state index contributed by atoms with van der Waals surface area (Å²) in [4.78, 5) is 11.1. The van der Waals surface area contributed by atoms with Crippen LogP contribution in [0.2, 0.25) is 0 Å². The molecule has 0 aromatic heterocycles. The summed E-state index contributed by atoms with van der Waals surface area (Å²) in [6.07, 6.45) is 2.06. The summed E-state index contributed by atoms with van der Waals surface area (Å²) in [5.41, 5.74) is 1.43. The summed E-state index contributed by atoms with van der Waals surface area (Å²) in [6, 6.07) is 5.08. The zero-order valence-corrected chi connectivity index (χ0v) is 10.5. The minimum Gasteiger partial charge on any atom is -0.469 e. The van der Waals surface area contributed by atoms with Crippen LogP contribution in [0.4, 0.5) is 4.39 Å². The molecule has 0 unspecified atom stereocenters. The third-order valence-electron chi connectivity index (χ3n) is 3.42. The van der Waals surface area contributed by atoms with E-state index in [9.17, 15) is 9.18 Å². The Morgan fingerprint density at radius 1 is 1.44 bits per heavy atom. The van der Waals surface area contributed by atoms with E-state index in [0.29, 0.717) is 11.5 Å². The number of carbonyl (C=O) groups is 1. The molecule has 0 radical (unpaired) electrons. The predicted octanol–water partition coefficient (Wildman–Crippen LogP) is 2.01. The van der Waals surface area contributed by atoms with Gasteiger partial charge < -0.3 is 10.1 Å². The molecular weight excluding hydrogens is 233 g/mol. The van der Waals surface area contributed by atoms with E-state index < -0.39 is 0 Å². The zero-order valence-electron chi connectivity index (χ0n) is 10.5. The van der Waals surface area contributed by atoms with Gasteiger partial charge in [0.2, 0.25) is 0 Å². The van der Waals surface area contributed by atoms with Crippen molar-refractivity contribution in [1.29, 1.82) is 0 Å². The van der Waals surface area contributed by atoms with Crippen LogP contribution in [0.25, 0.3) is 0 Å². The Morgan fingerprint density at radius 3 is 2.78 bits per heavy atom. The van der Waals surface area contributed by atoms with E-state index in [2.05, 4.69) is 10.1 Å². The number of rotatable bonds is 3. The van der Waals surface area contributed by atoms with Crippen molar-refractivity contribution in [2.45, 2.75) is 25.2 Å². The van der Waals surface area contributed by atoms with Crippen molar-refractivity contribution in [3.63, 3.8) is 0 Å². The molecule has 1 heterocycles. The monoisotopic (exact) mass is 251 g/mol. The van der Waals surface area contributed by atoms with Gasteiger partial charge in [-0.2, -0.15) is 0 Å². The number of carbonyl (C=O) groups excluding carboxylic acids is 1. The SMILES string of the molecule is COC(=O)Cc1ccc(C2CCNCC2)c(F)c1. The van der Waals surface area contributed by atoms with E-state index >= 15 is 0 Å². The second-order valence-corrected chi connectivity index (χ2v) is 4.63. The molecule has 1 aliphatic rings. The second kappa shape index (κ2) is 5.96. The highest BCUT2D eigenvalue weighted by Gasteiger charge is 2.18. The van der Waals surface area contributed by atoms with Gasteiger partial charge in [-0.3, -0.25) is 4.79 Å². The lowest BCUT2D eigenvalue weighted by Gasteiger charge is -2.23. The predicted molar refractivity (Wildman–Crippen MR) is 67.0 cm³/mol. The molecule has 0 spiro atoms. The zero-order chi connectivity index (χ0) is 13.0. The molecule has 1 aromatic rings. The van der Waals surface area contributed by atoms with Gasteiger partial charge in [0.15, 0.2) is 0 Å². The number of hydrogen-bond acceptors (Lipinski definition) is 3. The lowest BCUT2D eigenvalue weighted by atomic mass is 9.89. The van der Waals surface area contributed by atoms with Crippen LogP contribution >= 0.6 is 0 Å². The number of methoxy groups -OCH3 is 1. The number of piperidine rings is 1. The standard InChI is InChI=1S/C14H18FNO2/c1-18-14(17)9-10-2-3-12(13(15)8-10)11-4-6-16-7-5-11/h2-3,8,11,16H,4-7,9H2,1H3. The molecule has 0 saturated carbocycles. The van der Waals surface area contributed by atoms with Gasteiger partial charge in [0.25, 0.3) is 0 Å². The molecule has 4 heteroatoms. The third kappa shape index (κ3) is 3.07. The second-order valence-electron chi connectivity index (χ2n) is 4.63. The van der Waals surface area contributed by atoms with Gasteiger partial charge in [0, 0.05) is 0 Å². The van der Waals surface area contributed by atoms with Crippen LogP contribution < -0.4 is 5.32 Å². The minimum absolute atomic E-state index is 0.125. The number of esters is 1. The van der Waals surface area contributed by atoms with Gasteiger partial charge in [-0.25, -0.2) is 4.39 Å². The molecule has 0 bridgehead atoms. The van der Waals surface area contributed by atoms with Crippen molar-refractivity contribution in [2.24, 2.45) is 0 Å². The summed E-state index contributed by atoms with van der Waals surface area (Å²) in [5.74, 6) is -0.259. The summed E-state index contributed by atoms with van der Waals surface area (Å²) in [5, 5.41) is 3.27. The molecular formula is C14H18FNO2. The van der Waals surface area contributed by atoms with Crippen molar-refractivity contribution in [2.75, 3.05) is 20.2 Å². The van der Waals surface area contributed by atoms with Gasteiger partial charge in [-0.15, -0.1) is 0 Å². The molecule has 98 valence electrons. The van der Waals surface area contributed by atoms with Gasteiger partial charge in [0.05, 0.1) is 13.5 Å². The smallest absolute Gasteiger partial charge is 0.309 e. The Morgan fingerprint density at radius 2 is 2.17 bits per heavy atom. The van der Waals surface area contributed by atoms with Crippen LogP contribution in [-0.4, -0.2) is 26.2 Å². The topological polar surface area (TPSA) is 38.3 Å². The van der Waals surface area contributed by atoms with Gasteiger partial charge in [0.1, 0.15) is 5.82 Å². The van der Waals surface area contributed by atoms with Crippen molar-refractivity contribution in [3.8, 4) is 0 Å². The molecule has 1 fully saturated rings. The van der Waals surface area contributed by atoms with E-state index in [4.69, 9.17) is 0 Å². The largest absolute Gasteiger partial charge is 0.469 e. The highest BCUT2D eigenvalue weighted by Crippen LogP contribution is 2.27. The normalized spacial score (nSPS) is 16.6. The molecule has 1 N–H and O–H groups in total. The van der Waals surface area contributed by atoms with Crippen LogP contribution in [0.5, 0.6) is 0 Å². The Hall–Kier alpha value is -1.42. The number of nitrogens with one attached hydrogen (secondary N) is 1. The van der Waals surface area contributed by atoms with Crippen LogP contribution in [-0.2, 0) is 16.0 Å². The fraction of sp³-hybridized carbons (Fsp3) is 0.500. The van der Waals surface area contributed by atoms with Crippen molar-refractivity contribution < 1.29 is 13.9 Å². The molecule has 0 atom stereocenters. The van der Waals surface area contributed by atoms with Crippen molar-refractivity contribution in [3.05, 3.63) is 35.1 Å². The number of hydrogen-bond donors (Lipinski definition) is 1. The Kier molecular flexibility index (Phi) is 4.31. The first kappa shape index (κ1) is 13.0. The molecule has 1 saturated heterocycles. The molecule has 3 nitrogen and oxygen atoms in total. The maximum atomic E-state index is 14.0. The first-order valence-electron chi connectivity index (χ1n) is 6.26. The number of ether oxygens (including phenoxy) is 1. The fourth-order valence-electron chi connectivity index (χ4n) is 2.38. The Bertz CT molecular complexity index is 428. The van der Waals surface area contributed by atoms with E-state index in [0.717, 1.165) is 31.5 Å². The quantitative estimate of drug-likeness (QED) is 0.835. The Labute approximate surface area is 106 Å². The highest BCUT2D eigenvalue weighted by atomic mass is 19.1. The van der Waals surface area contributed by atoms with Crippen LogP contribution in [0.1, 0.15) is 29.9 Å². The lowest BCUT2D eigenvalue weighted by molar-refractivity contribution is -0.139. The van der Waals surface area contributed by atoms with E-state index in [1.165, 1.54) is 13.2 Å². The maximum absolute atomic E-state index is 14.0. The van der Waals surface area contributed by atoms with E-state index in [1.807, 2.05) is 12.1 Å². The number of benzene rings is 1. The molecule has 0 aliphatic carbocycles. The minimum atomic E-state index is -0.344.